The second-order valence-electron chi connectivity index (χ2n) is 10.0. The number of nitrogens with one attached hydrogen (secondary N) is 1. The Balaban J connectivity index is 1.23. The first-order valence-electron chi connectivity index (χ1n) is 13.6. The number of unbranched alkanes of at least 4 members (excludes halogenated alkanes) is 1. The highest BCUT2D eigenvalue weighted by Crippen LogP contribution is 2.20. The van der Waals surface area contributed by atoms with Crippen LogP contribution in [0.3, 0.4) is 0 Å². The lowest BCUT2D eigenvalue weighted by Crippen LogP contribution is -2.48. The molecular weight excluding hydrogens is 485 g/mol. The van der Waals surface area contributed by atoms with Crippen molar-refractivity contribution in [2.75, 3.05) is 38.6 Å². The Morgan fingerprint density at radius 2 is 2.05 bits per heavy atom. The molecule has 0 aliphatic carbocycles. The Hall–Kier alpha value is -3.17. The maximum atomic E-state index is 13.5. The van der Waals surface area contributed by atoms with E-state index in [9.17, 15) is 9.18 Å². The van der Waals surface area contributed by atoms with Gasteiger partial charge >= 0.3 is 12.3 Å². The summed E-state index contributed by atoms with van der Waals surface area (Å²) in [6.07, 6.45) is 7.83. The number of carbonyl (C=O) groups excluding carboxylic acids is 1. The zero-order chi connectivity index (χ0) is 26.9. The second-order valence-corrected chi connectivity index (χ2v) is 10.0. The minimum atomic E-state index is -0.348. The standard InChI is InChI=1S/C29H39FN5O3/c1-21(37-3)19-34(16-5-4-9-25-13-11-23-8-6-15-31-29(23)33-25)17-7-10-28(36)38-35-20-32-27-18-24(30)12-14-26(27)22(35)2/h11-14,18,20-21H,4-10,15-17,19H2,1-3H3,(H,31,33)/q+1/t21-/m1/s1. The van der Waals surface area contributed by atoms with Crippen LogP contribution in [0.1, 0.15) is 56.0 Å². The number of methoxy groups -OCH3 is 1. The second kappa shape index (κ2) is 13.6. The van der Waals surface area contributed by atoms with Gasteiger partial charge in [0, 0.05) is 38.9 Å². The average Bonchev–Trinajstić information content (AvgIpc) is 2.92. The third-order valence-corrected chi connectivity index (χ3v) is 7.06. The van der Waals surface area contributed by atoms with E-state index in [1.807, 2.05) is 6.92 Å². The molecule has 0 saturated heterocycles. The molecule has 2 aromatic heterocycles. The molecule has 4 rings (SSSR count). The SMILES string of the molecule is CO[C@H](C)CN(CCCCc1ccc2c(n1)NCCC2)CCCC(=O)O[n+]1cnc2cc(F)ccc2c1C. The molecule has 1 aliphatic rings. The Labute approximate surface area is 224 Å². The Kier molecular flexibility index (Phi) is 9.95. The van der Waals surface area contributed by atoms with E-state index >= 15 is 0 Å². The Morgan fingerprint density at radius 3 is 2.89 bits per heavy atom. The first-order valence-corrected chi connectivity index (χ1v) is 13.6. The third kappa shape index (κ3) is 7.68. The highest BCUT2D eigenvalue weighted by molar-refractivity contribution is 5.79. The molecule has 1 N–H and O–H groups in total. The van der Waals surface area contributed by atoms with Gasteiger partial charge in [-0.25, -0.2) is 14.2 Å². The zero-order valence-electron chi connectivity index (χ0n) is 22.7. The van der Waals surface area contributed by atoms with Gasteiger partial charge < -0.3 is 15.0 Å². The van der Waals surface area contributed by atoms with Crippen LogP contribution in [-0.4, -0.2) is 60.2 Å². The molecule has 1 aliphatic heterocycles. The average molecular weight is 525 g/mol. The van der Waals surface area contributed by atoms with E-state index in [2.05, 4.69) is 34.3 Å². The van der Waals surface area contributed by atoms with Gasteiger partial charge in [-0.2, -0.15) is 0 Å². The fraction of sp³-hybridized carbons (Fsp3) is 0.517. The van der Waals surface area contributed by atoms with Crippen LogP contribution < -0.4 is 14.9 Å². The number of hydrogen-bond donors (Lipinski definition) is 1. The lowest BCUT2D eigenvalue weighted by atomic mass is 10.1. The fourth-order valence-corrected chi connectivity index (χ4v) is 4.81. The molecule has 3 aromatic rings. The predicted molar refractivity (Wildman–Crippen MR) is 144 cm³/mol. The number of ether oxygens (including phenoxy) is 1. The molecule has 0 radical (unpaired) electrons. The number of fused-ring (bicyclic) bond motifs is 2. The van der Waals surface area contributed by atoms with Crippen LogP contribution in [0.4, 0.5) is 10.2 Å². The summed E-state index contributed by atoms with van der Waals surface area (Å²) in [5.74, 6) is 0.380. The smallest absolute Gasteiger partial charge is 0.358 e. The van der Waals surface area contributed by atoms with E-state index in [-0.39, 0.29) is 24.3 Å². The molecule has 1 atom stereocenters. The maximum Gasteiger partial charge on any atom is 0.358 e. The van der Waals surface area contributed by atoms with Gasteiger partial charge in [-0.05, 0) is 92.0 Å². The monoisotopic (exact) mass is 524 g/mol. The summed E-state index contributed by atoms with van der Waals surface area (Å²) in [6, 6.07) is 8.75. The molecule has 8 nitrogen and oxygen atoms in total. The number of rotatable bonds is 13. The van der Waals surface area contributed by atoms with Crippen LogP contribution in [0.5, 0.6) is 0 Å². The number of pyridine rings is 1. The largest absolute Gasteiger partial charge is 0.380 e. The van der Waals surface area contributed by atoms with Crippen molar-refractivity contribution >= 4 is 22.7 Å². The van der Waals surface area contributed by atoms with Crippen LogP contribution in [0.15, 0.2) is 36.7 Å². The van der Waals surface area contributed by atoms with Gasteiger partial charge in [0.2, 0.25) is 0 Å². The molecule has 0 spiro atoms. The predicted octanol–water partition coefficient (Wildman–Crippen LogP) is 3.82. The Morgan fingerprint density at radius 1 is 1.21 bits per heavy atom. The molecule has 0 bridgehead atoms. The van der Waals surface area contributed by atoms with Gasteiger partial charge in [0.15, 0.2) is 11.2 Å². The molecule has 38 heavy (non-hydrogen) atoms. The number of anilines is 1. The van der Waals surface area contributed by atoms with Crippen LogP contribution in [0.25, 0.3) is 10.9 Å². The molecule has 1 aromatic carbocycles. The molecule has 3 heterocycles. The highest BCUT2D eigenvalue weighted by atomic mass is 19.1. The zero-order valence-corrected chi connectivity index (χ0v) is 22.7. The van der Waals surface area contributed by atoms with E-state index < -0.39 is 0 Å². The summed E-state index contributed by atoms with van der Waals surface area (Å²) in [6.45, 7) is 7.41. The van der Waals surface area contributed by atoms with Gasteiger partial charge in [-0.1, -0.05) is 6.07 Å². The summed E-state index contributed by atoms with van der Waals surface area (Å²) < 4.78 is 20.3. The summed E-state index contributed by atoms with van der Waals surface area (Å²) in [5.41, 5.74) is 3.68. The van der Waals surface area contributed by atoms with Crippen molar-refractivity contribution in [1.29, 1.82) is 0 Å². The topological polar surface area (TPSA) is 80.5 Å². The molecular formula is C29H39FN5O3+. The van der Waals surface area contributed by atoms with Crippen LogP contribution >= 0.6 is 0 Å². The molecule has 0 fully saturated rings. The minimum Gasteiger partial charge on any atom is -0.380 e. The van der Waals surface area contributed by atoms with Crippen molar-refractivity contribution in [3.63, 3.8) is 0 Å². The molecule has 9 heteroatoms. The molecule has 0 unspecified atom stereocenters. The number of aromatic nitrogens is 3. The van der Waals surface area contributed by atoms with Gasteiger partial charge in [-0.15, -0.1) is 0 Å². The normalized spacial score (nSPS) is 13.8. The highest BCUT2D eigenvalue weighted by Gasteiger charge is 2.18. The van der Waals surface area contributed by atoms with E-state index in [4.69, 9.17) is 14.6 Å². The van der Waals surface area contributed by atoms with E-state index in [0.29, 0.717) is 17.6 Å². The molecule has 0 saturated carbocycles. The quantitative estimate of drug-likeness (QED) is 0.269. The Bertz CT molecular complexity index is 1240. The summed E-state index contributed by atoms with van der Waals surface area (Å²) in [5, 5.41) is 4.15. The lowest BCUT2D eigenvalue weighted by molar-refractivity contribution is -0.874. The van der Waals surface area contributed by atoms with Crippen LogP contribution in [0.2, 0.25) is 0 Å². The number of nitrogens with zero attached hydrogens (tertiary/aromatic N) is 4. The number of carbonyl (C=O) groups is 1. The number of halogens is 1. The van der Waals surface area contributed by atoms with Crippen molar-refractivity contribution in [1.82, 2.24) is 14.9 Å². The summed E-state index contributed by atoms with van der Waals surface area (Å²) in [7, 11) is 1.72. The number of hydrogen-bond acceptors (Lipinski definition) is 7. The number of benzene rings is 1. The third-order valence-electron chi connectivity index (χ3n) is 7.06. The van der Waals surface area contributed by atoms with Crippen LogP contribution in [-0.2, 0) is 22.4 Å². The van der Waals surface area contributed by atoms with Gasteiger partial charge in [0.1, 0.15) is 11.6 Å². The van der Waals surface area contributed by atoms with Crippen LogP contribution in [0, 0.1) is 12.7 Å². The number of aryl methyl sites for hydroxylation is 3. The van der Waals surface area contributed by atoms with Crippen molar-refractivity contribution in [3.8, 4) is 0 Å². The van der Waals surface area contributed by atoms with Crippen molar-refractivity contribution in [3.05, 3.63) is 59.4 Å². The first kappa shape index (κ1) is 27.9. The van der Waals surface area contributed by atoms with Gasteiger partial charge in [-0.3, -0.25) is 4.84 Å². The summed E-state index contributed by atoms with van der Waals surface area (Å²) in [4.78, 5) is 29.4. The van der Waals surface area contributed by atoms with E-state index in [0.717, 1.165) is 68.8 Å². The van der Waals surface area contributed by atoms with Gasteiger partial charge in [0.25, 0.3) is 0 Å². The lowest BCUT2D eigenvalue weighted by Gasteiger charge is -2.25. The minimum absolute atomic E-state index is 0.113. The maximum absolute atomic E-state index is 13.5. The summed E-state index contributed by atoms with van der Waals surface area (Å²) >= 11 is 0. The van der Waals surface area contributed by atoms with E-state index in [1.165, 1.54) is 35.2 Å². The van der Waals surface area contributed by atoms with Crippen molar-refractivity contribution in [2.45, 2.75) is 64.9 Å². The van der Waals surface area contributed by atoms with Gasteiger partial charge in [0.05, 0.1) is 17.9 Å². The molecule has 204 valence electrons. The van der Waals surface area contributed by atoms with E-state index in [1.54, 1.807) is 13.2 Å². The van der Waals surface area contributed by atoms with Crippen molar-refractivity contribution < 1.29 is 23.5 Å². The fourth-order valence-electron chi connectivity index (χ4n) is 4.81. The molecule has 0 amide bonds. The first-order chi connectivity index (χ1) is 18.4. The van der Waals surface area contributed by atoms with Crippen molar-refractivity contribution in [2.24, 2.45) is 0 Å².